The zero-order valence-corrected chi connectivity index (χ0v) is 19.1. The third kappa shape index (κ3) is 8.27. The molecule has 0 amide bonds. The summed E-state index contributed by atoms with van der Waals surface area (Å²) in [5.41, 5.74) is 2.50. The molecule has 0 aliphatic heterocycles. The van der Waals surface area contributed by atoms with Gasteiger partial charge in [-0.1, -0.05) is 17.7 Å². The smallest absolute Gasteiger partial charge is 0.191 e. The number of nitrogens with zero attached hydrogens (tertiary/aromatic N) is 2. The molecule has 0 atom stereocenters. The van der Waals surface area contributed by atoms with E-state index in [1.54, 1.807) is 7.11 Å². The first-order chi connectivity index (χ1) is 11.3. The lowest BCUT2D eigenvalue weighted by Crippen LogP contribution is -2.44. The highest BCUT2D eigenvalue weighted by Crippen LogP contribution is 2.19. The van der Waals surface area contributed by atoms with Gasteiger partial charge in [-0.3, -0.25) is 4.99 Å². The highest BCUT2D eigenvalue weighted by Gasteiger charge is 2.19. The first-order valence-electron chi connectivity index (χ1n) is 8.63. The van der Waals surface area contributed by atoms with E-state index in [1.807, 2.05) is 6.07 Å². The predicted molar refractivity (Wildman–Crippen MR) is 119 cm³/mol. The van der Waals surface area contributed by atoms with Crippen LogP contribution in [0.5, 0.6) is 5.75 Å². The Balaban J connectivity index is 0.00000576. The number of guanidine groups is 1. The minimum absolute atomic E-state index is 0. The van der Waals surface area contributed by atoms with Crippen LogP contribution >= 0.6 is 24.0 Å². The molecule has 0 aliphatic rings. The second-order valence-electron chi connectivity index (χ2n) is 6.89. The fraction of sp³-hybridized carbons (Fsp3) is 0.632. The number of nitrogens with one attached hydrogen (secondary N) is 2. The van der Waals surface area contributed by atoms with Crippen molar-refractivity contribution >= 4 is 29.9 Å². The second kappa shape index (κ2) is 11.6. The highest BCUT2D eigenvalue weighted by molar-refractivity contribution is 14.0. The lowest BCUT2D eigenvalue weighted by atomic mass is 10.1. The number of hydrogen-bond donors (Lipinski definition) is 2. The molecule has 0 spiro atoms. The van der Waals surface area contributed by atoms with E-state index in [0.29, 0.717) is 0 Å². The number of likely N-dealkylation sites (N-methyl/N-ethyl adjacent to an activating group) is 1. The van der Waals surface area contributed by atoms with Crippen molar-refractivity contribution in [1.82, 2.24) is 15.5 Å². The van der Waals surface area contributed by atoms with Gasteiger partial charge in [0.25, 0.3) is 0 Å². The summed E-state index contributed by atoms with van der Waals surface area (Å²) < 4.78 is 5.44. The van der Waals surface area contributed by atoms with Crippen LogP contribution < -0.4 is 15.4 Å². The summed E-state index contributed by atoms with van der Waals surface area (Å²) in [7, 11) is 5.89. The van der Waals surface area contributed by atoms with Crippen LogP contribution in [-0.4, -0.2) is 57.2 Å². The minimum atomic E-state index is 0. The number of methoxy groups -OCH3 is 1. The third-order valence-electron chi connectivity index (χ3n) is 4.30. The number of aryl methyl sites for hydroxylation is 1. The molecule has 1 aromatic rings. The van der Waals surface area contributed by atoms with Gasteiger partial charge in [0, 0.05) is 18.6 Å². The summed E-state index contributed by atoms with van der Waals surface area (Å²) in [6.07, 6.45) is 0.895. The summed E-state index contributed by atoms with van der Waals surface area (Å²) in [6.45, 7) is 11.0. The maximum Gasteiger partial charge on any atom is 0.191 e. The van der Waals surface area contributed by atoms with E-state index in [0.717, 1.165) is 37.8 Å². The first-order valence-corrected chi connectivity index (χ1v) is 8.63. The largest absolute Gasteiger partial charge is 0.496 e. The van der Waals surface area contributed by atoms with Crippen molar-refractivity contribution < 1.29 is 4.74 Å². The molecule has 0 heterocycles. The standard InChI is InChI=1S/C19H34N4O.HI/c1-8-20-18(22-14-19(3,4)23(5)6)21-12-11-16-13-15(2)9-10-17(16)24-7;/h9-10,13H,8,11-12,14H2,1-7H3,(H2,20,21,22);1H. The molecular formula is C19H35IN4O. The van der Waals surface area contributed by atoms with Gasteiger partial charge in [0.2, 0.25) is 0 Å². The van der Waals surface area contributed by atoms with Crippen molar-refractivity contribution in [2.45, 2.75) is 39.7 Å². The molecule has 1 rings (SSSR count). The SMILES string of the molecule is CCNC(=NCC(C)(C)N(C)C)NCCc1cc(C)ccc1OC.I. The maximum atomic E-state index is 5.44. The molecule has 0 radical (unpaired) electrons. The normalized spacial score (nSPS) is 11.9. The van der Waals surface area contributed by atoms with E-state index >= 15 is 0 Å². The molecule has 6 heteroatoms. The lowest BCUT2D eigenvalue weighted by Gasteiger charge is -2.31. The van der Waals surface area contributed by atoms with E-state index in [1.165, 1.54) is 11.1 Å². The number of rotatable bonds is 8. The molecule has 144 valence electrons. The molecule has 1 aromatic carbocycles. The summed E-state index contributed by atoms with van der Waals surface area (Å²) in [6, 6.07) is 6.29. The van der Waals surface area contributed by atoms with E-state index in [4.69, 9.17) is 9.73 Å². The van der Waals surface area contributed by atoms with Crippen LogP contribution in [0.25, 0.3) is 0 Å². The second-order valence-corrected chi connectivity index (χ2v) is 6.89. The average molecular weight is 462 g/mol. The van der Waals surface area contributed by atoms with Gasteiger partial charge < -0.3 is 20.3 Å². The van der Waals surface area contributed by atoms with Gasteiger partial charge in [-0.25, -0.2) is 0 Å². The third-order valence-corrected chi connectivity index (χ3v) is 4.30. The Bertz CT molecular complexity index is 544. The van der Waals surface area contributed by atoms with Crippen LogP contribution in [0.3, 0.4) is 0 Å². The molecular weight excluding hydrogens is 427 g/mol. The Morgan fingerprint density at radius 3 is 2.48 bits per heavy atom. The quantitative estimate of drug-likeness (QED) is 0.354. The summed E-state index contributed by atoms with van der Waals surface area (Å²) in [4.78, 5) is 6.91. The van der Waals surface area contributed by atoms with Crippen LogP contribution in [0.4, 0.5) is 0 Å². The van der Waals surface area contributed by atoms with E-state index in [-0.39, 0.29) is 29.5 Å². The van der Waals surface area contributed by atoms with Crippen LogP contribution in [0.1, 0.15) is 31.9 Å². The van der Waals surface area contributed by atoms with Crippen molar-refractivity contribution in [3.8, 4) is 5.75 Å². The molecule has 0 fully saturated rings. The monoisotopic (exact) mass is 462 g/mol. The van der Waals surface area contributed by atoms with Gasteiger partial charge >= 0.3 is 0 Å². The molecule has 0 saturated heterocycles. The summed E-state index contributed by atoms with van der Waals surface area (Å²) in [5.74, 6) is 1.80. The first kappa shape index (κ1) is 24.0. The minimum Gasteiger partial charge on any atom is -0.496 e. The maximum absolute atomic E-state index is 5.44. The molecule has 5 nitrogen and oxygen atoms in total. The fourth-order valence-corrected chi connectivity index (χ4v) is 2.17. The van der Waals surface area contributed by atoms with E-state index < -0.39 is 0 Å². The van der Waals surface area contributed by atoms with Crippen LogP contribution in [0.2, 0.25) is 0 Å². The van der Waals surface area contributed by atoms with Crippen molar-refractivity contribution in [1.29, 1.82) is 0 Å². The molecule has 0 aliphatic carbocycles. The van der Waals surface area contributed by atoms with Crippen molar-refractivity contribution in [2.24, 2.45) is 4.99 Å². The Hall–Kier alpha value is -1.02. The van der Waals surface area contributed by atoms with Crippen molar-refractivity contribution in [3.63, 3.8) is 0 Å². The zero-order valence-electron chi connectivity index (χ0n) is 16.8. The zero-order chi connectivity index (χ0) is 18.2. The highest BCUT2D eigenvalue weighted by atomic mass is 127. The number of halogens is 1. The van der Waals surface area contributed by atoms with Crippen molar-refractivity contribution in [3.05, 3.63) is 29.3 Å². The fourth-order valence-electron chi connectivity index (χ4n) is 2.17. The number of aliphatic imine (C=N–C) groups is 1. The Labute approximate surface area is 170 Å². The molecule has 0 bridgehead atoms. The number of ether oxygens (including phenoxy) is 1. The van der Waals surface area contributed by atoms with Gasteiger partial charge in [-0.2, -0.15) is 0 Å². The van der Waals surface area contributed by atoms with Gasteiger partial charge in [0.1, 0.15) is 5.75 Å². The molecule has 2 N–H and O–H groups in total. The molecule has 0 unspecified atom stereocenters. The van der Waals surface area contributed by atoms with Gasteiger partial charge in [0.05, 0.1) is 13.7 Å². The van der Waals surface area contributed by atoms with Crippen molar-refractivity contribution in [2.75, 3.05) is 40.8 Å². The van der Waals surface area contributed by atoms with Gasteiger partial charge in [-0.15, -0.1) is 24.0 Å². The summed E-state index contributed by atoms with van der Waals surface area (Å²) >= 11 is 0. The molecule has 0 saturated carbocycles. The predicted octanol–water partition coefficient (Wildman–Crippen LogP) is 3.06. The Kier molecular flexibility index (Phi) is 11.1. The van der Waals surface area contributed by atoms with Gasteiger partial charge in [0.15, 0.2) is 5.96 Å². The summed E-state index contributed by atoms with van der Waals surface area (Å²) in [5, 5.41) is 6.73. The molecule has 0 aromatic heterocycles. The van der Waals surface area contributed by atoms with E-state index in [9.17, 15) is 0 Å². The number of benzene rings is 1. The Morgan fingerprint density at radius 1 is 1.24 bits per heavy atom. The Morgan fingerprint density at radius 2 is 1.92 bits per heavy atom. The van der Waals surface area contributed by atoms with Crippen LogP contribution in [0.15, 0.2) is 23.2 Å². The van der Waals surface area contributed by atoms with Gasteiger partial charge in [-0.05, 0) is 59.8 Å². The van der Waals surface area contributed by atoms with Crippen LogP contribution in [0, 0.1) is 6.92 Å². The topological polar surface area (TPSA) is 48.9 Å². The number of hydrogen-bond acceptors (Lipinski definition) is 3. The molecule has 25 heavy (non-hydrogen) atoms. The van der Waals surface area contributed by atoms with E-state index in [2.05, 4.69) is 69.5 Å². The van der Waals surface area contributed by atoms with Crippen LogP contribution in [-0.2, 0) is 6.42 Å². The average Bonchev–Trinajstić information content (AvgIpc) is 2.52. The lowest BCUT2D eigenvalue weighted by molar-refractivity contribution is 0.204.